The first kappa shape index (κ1) is 30.5. The van der Waals surface area contributed by atoms with Crippen LogP contribution in [-0.4, -0.2) is 26.6 Å². The van der Waals surface area contributed by atoms with E-state index in [0.717, 1.165) is 32.3 Å². The Balaban J connectivity index is -0.000000173. The molecule has 0 spiro atoms. The molecule has 0 radical (unpaired) electrons. The second-order valence-corrected chi connectivity index (χ2v) is 11.7. The minimum absolute atomic E-state index is 0. The highest BCUT2D eigenvalue weighted by Crippen LogP contribution is 2.36. The van der Waals surface area contributed by atoms with Gasteiger partial charge in [0.2, 0.25) is 0 Å². The fourth-order valence-corrected chi connectivity index (χ4v) is 2.42. The van der Waals surface area contributed by atoms with Crippen LogP contribution in [-0.2, 0) is 4.43 Å². The van der Waals surface area contributed by atoms with Gasteiger partial charge in [0.25, 0.3) is 0 Å². The van der Waals surface area contributed by atoms with Gasteiger partial charge in [0.05, 0.1) is 0 Å². The fraction of sp³-hybridized carbons (Fsp3) is 0.800. The molecule has 0 heterocycles. The molecule has 23 heavy (non-hydrogen) atoms. The predicted octanol–water partition coefficient (Wildman–Crippen LogP) is 6.97. The summed E-state index contributed by atoms with van der Waals surface area (Å²) in [6.45, 7) is 20.0. The lowest BCUT2D eigenvalue weighted by atomic mass is 10.2. The Bertz CT molecular complexity index is 255. The number of hydrogen-bond donors (Lipinski definition) is 1. The van der Waals surface area contributed by atoms with E-state index < -0.39 is 8.32 Å². The summed E-state index contributed by atoms with van der Waals surface area (Å²) in [5.74, 6) is 0. The second-order valence-electron chi connectivity index (χ2n) is 6.90. The maximum absolute atomic E-state index is 8.26. The Morgan fingerprint density at radius 3 is 1.70 bits per heavy atom. The smallest absolute Gasteiger partial charge is 0.191 e. The first-order valence-corrected chi connectivity index (χ1v) is 11.1. The van der Waals surface area contributed by atoms with Crippen LogP contribution in [0, 0.1) is 0 Å². The third-order valence-corrected chi connectivity index (χ3v) is 8.43. The Hall–Kier alpha value is -0.383. The average molecular weight is 347 g/mol. The highest BCUT2D eigenvalue weighted by molar-refractivity contribution is 6.74. The number of rotatable bonds is 10. The molecule has 0 rings (SSSR count). The molecule has 0 aromatic carbocycles. The van der Waals surface area contributed by atoms with Crippen molar-refractivity contribution in [1.82, 2.24) is 0 Å². The molecule has 0 aliphatic carbocycles. The summed E-state index contributed by atoms with van der Waals surface area (Å²) in [6, 6.07) is 0. The Morgan fingerprint density at radius 2 is 1.35 bits per heavy atom. The molecule has 2 nitrogen and oxygen atoms in total. The summed E-state index contributed by atoms with van der Waals surface area (Å²) >= 11 is 0. The lowest BCUT2D eigenvalue weighted by Gasteiger charge is -2.36. The van der Waals surface area contributed by atoms with Crippen LogP contribution in [0.1, 0.15) is 74.1 Å². The van der Waals surface area contributed by atoms with E-state index in [1.54, 1.807) is 0 Å². The minimum Gasteiger partial charge on any atom is -0.417 e. The van der Waals surface area contributed by atoms with Crippen LogP contribution in [0.4, 0.5) is 0 Å². The number of hydrogen-bond acceptors (Lipinski definition) is 2. The van der Waals surface area contributed by atoms with Crippen LogP contribution in [0.5, 0.6) is 0 Å². The third kappa shape index (κ3) is 19.6. The molecule has 0 aliphatic rings. The first-order chi connectivity index (χ1) is 9.72. The summed E-state index contributed by atoms with van der Waals surface area (Å²) in [6.07, 6.45) is 10.3. The quantitative estimate of drug-likeness (QED) is 0.263. The van der Waals surface area contributed by atoms with Crippen molar-refractivity contribution in [3.8, 4) is 0 Å². The van der Waals surface area contributed by atoms with Crippen LogP contribution in [0.3, 0.4) is 0 Å². The average Bonchev–Trinajstić information content (AvgIpc) is 2.38. The van der Waals surface area contributed by atoms with Gasteiger partial charge in [-0.2, -0.15) is 0 Å². The van der Waals surface area contributed by atoms with Crippen molar-refractivity contribution in [2.75, 3.05) is 13.2 Å². The number of aliphatic hydroxyl groups excluding tert-OH is 1. The first-order valence-electron chi connectivity index (χ1n) is 8.19. The zero-order valence-electron chi connectivity index (χ0n) is 15.1. The Labute approximate surface area is 149 Å². The van der Waals surface area contributed by atoms with Crippen LogP contribution in [0.25, 0.3) is 0 Å². The molecule has 0 fully saturated rings. The monoisotopic (exact) mass is 346 g/mol. The predicted molar refractivity (Wildman–Crippen MR) is 112 cm³/mol. The largest absolute Gasteiger partial charge is 0.417 e. The number of unbranched alkanes of at least 4 members (excludes halogenated alkanes) is 4. The van der Waals surface area contributed by atoms with Crippen LogP contribution >= 0.6 is 0 Å². The summed E-state index contributed by atoms with van der Waals surface area (Å²) in [4.78, 5) is 0. The van der Waals surface area contributed by atoms with Crippen LogP contribution < -0.4 is 0 Å². The van der Waals surface area contributed by atoms with Crippen molar-refractivity contribution < 1.29 is 9.53 Å². The number of aliphatic hydroxyl groups is 1. The van der Waals surface area contributed by atoms with Crippen molar-refractivity contribution >= 4 is 8.32 Å². The molecule has 0 amide bonds. The molecule has 0 saturated carbocycles. The highest BCUT2D eigenvalue weighted by Gasteiger charge is 2.36. The molecule has 0 bridgehead atoms. The lowest BCUT2D eigenvalue weighted by molar-refractivity contribution is 0.279. The summed E-state index contributed by atoms with van der Waals surface area (Å²) in [5, 5.41) is 8.60. The molecule has 0 saturated heterocycles. The van der Waals surface area contributed by atoms with Gasteiger partial charge in [-0.15, -0.1) is 13.2 Å². The molecule has 0 aliphatic heterocycles. The van der Waals surface area contributed by atoms with Gasteiger partial charge in [0, 0.05) is 13.2 Å². The van der Waals surface area contributed by atoms with Crippen molar-refractivity contribution in [1.29, 1.82) is 0 Å². The molecule has 3 heteroatoms. The van der Waals surface area contributed by atoms with E-state index in [1.807, 2.05) is 12.2 Å². The SMILES string of the molecule is C.C.C=CCCCCO.C=CCCCCO[Si](C)(C)C(C)(C)C. The van der Waals surface area contributed by atoms with Gasteiger partial charge in [0.1, 0.15) is 0 Å². The van der Waals surface area contributed by atoms with Gasteiger partial charge in [-0.25, -0.2) is 0 Å². The maximum atomic E-state index is 8.26. The summed E-state index contributed by atoms with van der Waals surface area (Å²) < 4.78 is 6.05. The lowest BCUT2D eigenvalue weighted by Crippen LogP contribution is -2.40. The molecule has 0 atom stereocenters. The number of allylic oxidation sites excluding steroid dienone is 2. The van der Waals surface area contributed by atoms with E-state index in [0.29, 0.717) is 11.6 Å². The third-order valence-electron chi connectivity index (χ3n) is 3.89. The van der Waals surface area contributed by atoms with Crippen LogP contribution in [0.15, 0.2) is 25.3 Å². The Morgan fingerprint density at radius 1 is 0.913 bits per heavy atom. The van der Waals surface area contributed by atoms with Gasteiger partial charge in [-0.1, -0.05) is 47.8 Å². The molecular formula is C20H46O2Si. The Kier molecular flexibility index (Phi) is 23.8. The normalized spacial score (nSPS) is 10.5. The highest BCUT2D eigenvalue weighted by atomic mass is 28.4. The minimum atomic E-state index is -1.49. The van der Waals surface area contributed by atoms with E-state index in [9.17, 15) is 0 Å². The molecule has 0 aromatic rings. The van der Waals surface area contributed by atoms with Gasteiger partial charge in [-0.3, -0.25) is 0 Å². The zero-order chi connectivity index (χ0) is 16.8. The topological polar surface area (TPSA) is 29.5 Å². The van der Waals surface area contributed by atoms with Crippen molar-refractivity contribution in [2.45, 2.75) is 92.3 Å². The van der Waals surface area contributed by atoms with Crippen molar-refractivity contribution in [3.05, 3.63) is 25.3 Å². The maximum Gasteiger partial charge on any atom is 0.191 e. The molecular weight excluding hydrogens is 300 g/mol. The van der Waals surface area contributed by atoms with Gasteiger partial charge in [-0.05, 0) is 56.7 Å². The molecule has 142 valence electrons. The molecule has 0 aromatic heterocycles. The summed E-state index contributed by atoms with van der Waals surface area (Å²) in [5.41, 5.74) is 0. The van der Waals surface area contributed by atoms with E-state index in [-0.39, 0.29) is 14.9 Å². The zero-order valence-corrected chi connectivity index (χ0v) is 16.1. The van der Waals surface area contributed by atoms with Gasteiger partial charge in [0.15, 0.2) is 8.32 Å². The van der Waals surface area contributed by atoms with E-state index in [1.165, 1.54) is 12.8 Å². The van der Waals surface area contributed by atoms with Crippen molar-refractivity contribution in [2.24, 2.45) is 0 Å². The van der Waals surface area contributed by atoms with E-state index >= 15 is 0 Å². The summed E-state index contributed by atoms with van der Waals surface area (Å²) in [7, 11) is -1.49. The standard InChI is InChI=1S/C12H26OSi.C6H12O.2CH4/c1-7-8-9-10-11-13-14(5,6)12(2,3)4;1-2-3-4-5-6-7;;/h7H,1,8-11H2,2-6H3;2,7H,1,3-6H2;2*1H4. The van der Waals surface area contributed by atoms with E-state index in [2.05, 4.69) is 47.0 Å². The molecule has 1 N–H and O–H groups in total. The fourth-order valence-electron chi connectivity index (χ4n) is 1.34. The van der Waals surface area contributed by atoms with Gasteiger partial charge >= 0.3 is 0 Å². The second kappa shape index (κ2) is 18.0. The van der Waals surface area contributed by atoms with Gasteiger partial charge < -0.3 is 9.53 Å². The van der Waals surface area contributed by atoms with Crippen LogP contribution in [0.2, 0.25) is 18.1 Å². The molecule has 0 unspecified atom stereocenters. The van der Waals surface area contributed by atoms with Crippen molar-refractivity contribution in [3.63, 3.8) is 0 Å². The van der Waals surface area contributed by atoms with E-state index in [4.69, 9.17) is 9.53 Å².